The first-order valence-electron chi connectivity index (χ1n) is 8.77. The number of unbranched alkanes of at least 4 members (excludes halogenated alkanes) is 1. The monoisotopic (exact) mass is 368 g/mol. The molecule has 0 spiro atoms. The Morgan fingerprint density at radius 1 is 1.00 bits per heavy atom. The molecule has 1 heterocycles. The maximum Gasteiger partial charge on any atom is 0.414 e. The van der Waals surface area contributed by atoms with E-state index in [0.717, 1.165) is 25.8 Å². The number of aromatic amines is 1. The molecule has 3 rings (SSSR count). The van der Waals surface area contributed by atoms with Crippen LogP contribution in [0, 0.1) is 6.92 Å². The molecule has 0 saturated carbocycles. The summed E-state index contributed by atoms with van der Waals surface area (Å²) < 4.78 is 0. The number of carboxylic acids is 2. The van der Waals surface area contributed by atoms with Crippen LogP contribution in [0.4, 0.5) is 0 Å². The fourth-order valence-electron chi connectivity index (χ4n) is 2.95. The van der Waals surface area contributed by atoms with Crippen LogP contribution in [0.1, 0.15) is 24.0 Å². The Kier molecular flexibility index (Phi) is 7.14. The molecule has 0 amide bonds. The van der Waals surface area contributed by atoms with Gasteiger partial charge >= 0.3 is 11.9 Å². The number of aryl methyl sites for hydroxylation is 2. The molecular formula is C21H24N2O4. The number of para-hydroxylation sites is 1. The number of hydrogen-bond donors (Lipinski definition) is 4. The fourth-order valence-corrected chi connectivity index (χ4v) is 2.95. The Morgan fingerprint density at radius 2 is 1.70 bits per heavy atom. The quantitative estimate of drug-likeness (QED) is 0.406. The summed E-state index contributed by atoms with van der Waals surface area (Å²) in [6.45, 7) is 2.91. The topological polar surface area (TPSA) is 116 Å². The maximum atomic E-state index is 9.10. The summed E-state index contributed by atoms with van der Waals surface area (Å²) in [7, 11) is 0. The van der Waals surface area contributed by atoms with E-state index in [1.807, 2.05) is 0 Å². The number of H-pyrrole nitrogens is 1. The molecule has 1 aromatic heterocycles. The third-order valence-corrected chi connectivity index (χ3v) is 4.18. The van der Waals surface area contributed by atoms with Gasteiger partial charge < -0.3 is 20.9 Å². The zero-order valence-corrected chi connectivity index (χ0v) is 15.2. The second-order valence-electron chi connectivity index (χ2n) is 6.25. The molecule has 2 aromatic carbocycles. The number of aromatic nitrogens is 1. The third kappa shape index (κ3) is 5.43. The summed E-state index contributed by atoms with van der Waals surface area (Å²) in [5.41, 5.74) is 12.1. The van der Waals surface area contributed by atoms with Crippen LogP contribution < -0.4 is 5.73 Å². The van der Waals surface area contributed by atoms with Crippen LogP contribution in [0.15, 0.2) is 48.5 Å². The molecule has 3 aromatic rings. The maximum absolute atomic E-state index is 9.10. The average molecular weight is 368 g/mol. The molecule has 142 valence electrons. The highest BCUT2D eigenvalue weighted by atomic mass is 16.4. The fraction of sp³-hybridized carbons (Fsp3) is 0.238. The van der Waals surface area contributed by atoms with Gasteiger partial charge in [-0.2, -0.15) is 0 Å². The van der Waals surface area contributed by atoms with Crippen molar-refractivity contribution in [2.45, 2.75) is 26.2 Å². The van der Waals surface area contributed by atoms with Crippen LogP contribution in [0.2, 0.25) is 0 Å². The Labute approximate surface area is 157 Å². The standard InChI is InChI=1S/C19H22N2.C2H2O4/c1-14-7-6-8-15(13-14)19-17(10-4-5-12-20)16-9-2-3-11-18(16)21-19;3-1(4)2(5)6/h2-3,6-9,11,13,21H,4-5,10,12,20H2,1H3;(H,3,4)(H,5,6). The van der Waals surface area contributed by atoms with Gasteiger partial charge in [0.1, 0.15) is 0 Å². The molecule has 0 saturated heterocycles. The van der Waals surface area contributed by atoms with Gasteiger partial charge in [0.25, 0.3) is 0 Å². The first-order chi connectivity index (χ1) is 12.9. The molecule has 0 unspecified atom stereocenters. The Morgan fingerprint density at radius 3 is 2.33 bits per heavy atom. The van der Waals surface area contributed by atoms with Crippen LogP contribution in [-0.4, -0.2) is 33.7 Å². The normalized spacial score (nSPS) is 10.3. The lowest BCUT2D eigenvalue weighted by molar-refractivity contribution is -0.159. The van der Waals surface area contributed by atoms with Crippen LogP contribution >= 0.6 is 0 Å². The van der Waals surface area contributed by atoms with Gasteiger partial charge in [0.15, 0.2) is 0 Å². The third-order valence-electron chi connectivity index (χ3n) is 4.18. The lowest BCUT2D eigenvalue weighted by atomic mass is 9.99. The van der Waals surface area contributed by atoms with Crippen molar-refractivity contribution in [3.05, 3.63) is 59.7 Å². The molecule has 6 nitrogen and oxygen atoms in total. The summed E-state index contributed by atoms with van der Waals surface area (Å²) in [4.78, 5) is 21.8. The first kappa shape index (κ1) is 20.2. The van der Waals surface area contributed by atoms with E-state index < -0.39 is 11.9 Å². The van der Waals surface area contributed by atoms with Crippen molar-refractivity contribution in [2.75, 3.05) is 6.54 Å². The molecule has 0 atom stereocenters. The molecule has 0 bridgehead atoms. The number of fused-ring (bicyclic) bond motifs is 1. The number of carboxylic acid groups (broad SMARTS) is 2. The molecule has 0 radical (unpaired) electrons. The van der Waals surface area contributed by atoms with Crippen LogP contribution in [0.25, 0.3) is 22.2 Å². The van der Waals surface area contributed by atoms with E-state index in [9.17, 15) is 0 Å². The minimum atomic E-state index is -1.82. The van der Waals surface area contributed by atoms with E-state index in [1.165, 1.54) is 33.3 Å². The minimum Gasteiger partial charge on any atom is -0.473 e. The molecule has 6 heteroatoms. The smallest absolute Gasteiger partial charge is 0.414 e. The lowest BCUT2D eigenvalue weighted by Crippen LogP contribution is -2.09. The van der Waals surface area contributed by atoms with E-state index in [4.69, 9.17) is 25.5 Å². The molecule has 0 fully saturated rings. The molecule has 27 heavy (non-hydrogen) atoms. The largest absolute Gasteiger partial charge is 0.473 e. The summed E-state index contributed by atoms with van der Waals surface area (Å²) in [5.74, 6) is -3.65. The van der Waals surface area contributed by atoms with Gasteiger partial charge in [0.2, 0.25) is 0 Å². The van der Waals surface area contributed by atoms with Crippen molar-refractivity contribution in [1.82, 2.24) is 4.98 Å². The van der Waals surface area contributed by atoms with E-state index in [2.05, 4.69) is 60.4 Å². The number of rotatable bonds is 5. The SMILES string of the molecule is Cc1cccc(-c2[nH]c3ccccc3c2CCCCN)c1.O=C(O)C(=O)O. The molecule has 0 aliphatic heterocycles. The first-order valence-corrected chi connectivity index (χ1v) is 8.77. The Bertz CT molecular complexity index is 919. The highest BCUT2D eigenvalue weighted by molar-refractivity contribution is 6.27. The number of carbonyl (C=O) groups is 2. The van der Waals surface area contributed by atoms with Gasteiger partial charge in [-0.15, -0.1) is 0 Å². The predicted octanol–water partition coefficient (Wildman–Crippen LogP) is 3.58. The van der Waals surface area contributed by atoms with Crippen molar-refractivity contribution in [3.8, 4) is 11.3 Å². The predicted molar refractivity (Wildman–Crippen MR) is 106 cm³/mol. The number of nitrogens with one attached hydrogen (secondary N) is 1. The summed E-state index contributed by atoms with van der Waals surface area (Å²) in [6.07, 6.45) is 3.29. The van der Waals surface area contributed by atoms with Gasteiger partial charge in [0.05, 0.1) is 0 Å². The molecule has 0 aliphatic carbocycles. The highest BCUT2D eigenvalue weighted by Gasteiger charge is 2.12. The second-order valence-corrected chi connectivity index (χ2v) is 6.25. The Hall–Kier alpha value is -3.12. The van der Waals surface area contributed by atoms with Crippen LogP contribution in [0.5, 0.6) is 0 Å². The summed E-state index contributed by atoms with van der Waals surface area (Å²) in [6, 6.07) is 17.3. The Balaban J connectivity index is 0.000000380. The van der Waals surface area contributed by atoms with E-state index >= 15 is 0 Å². The highest BCUT2D eigenvalue weighted by Crippen LogP contribution is 2.31. The molecule has 0 aliphatic rings. The van der Waals surface area contributed by atoms with Crippen molar-refractivity contribution in [3.63, 3.8) is 0 Å². The number of benzene rings is 2. The summed E-state index contributed by atoms with van der Waals surface area (Å²) >= 11 is 0. The van der Waals surface area contributed by atoms with Crippen molar-refractivity contribution in [2.24, 2.45) is 5.73 Å². The van der Waals surface area contributed by atoms with E-state index in [-0.39, 0.29) is 0 Å². The zero-order valence-electron chi connectivity index (χ0n) is 15.2. The number of aliphatic carboxylic acids is 2. The number of nitrogens with two attached hydrogens (primary N) is 1. The van der Waals surface area contributed by atoms with Crippen LogP contribution in [0.3, 0.4) is 0 Å². The second kappa shape index (κ2) is 9.54. The zero-order chi connectivity index (χ0) is 19.8. The van der Waals surface area contributed by atoms with Gasteiger partial charge in [0, 0.05) is 16.6 Å². The molecular weight excluding hydrogens is 344 g/mol. The van der Waals surface area contributed by atoms with E-state index in [1.54, 1.807) is 0 Å². The number of hydrogen-bond acceptors (Lipinski definition) is 3. The van der Waals surface area contributed by atoms with Gasteiger partial charge in [-0.1, -0.05) is 42.0 Å². The minimum absolute atomic E-state index is 0.766. The van der Waals surface area contributed by atoms with Gasteiger partial charge in [-0.3, -0.25) is 0 Å². The van der Waals surface area contributed by atoms with Crippen LogP contribution in [-0.2, 0) is 16.0 Å². The average Bonchev–Trinajstić information content (AvgIpc) is 3.01. The molecule has 5 N–H and O–H groups in total. The van der Waals surface area contributed by atoms with Crippen molar-refractivity contribution in [1.29, 1.82) is 0 Å². The van der Waals surface area contributed by atoms with Gasteiger partial charge in [-0.05, 0) is 56.0 Å². The lowest BCUT2D eigenvalue weighted by Gasteiger charge is -2.06. The van der Waals surface area contributed by atoms with Gasteiger partial charge in [-0.25, -0.2) is 9.59 Å². The van der Waals surface area contributed by atoms with Crippen molar-refractivity contribution >= 4 is 22.8 Å². The van der Waals surface area contributed by atoms with E-state index in [0.29, 0.717) is 0 Å². The van der Waals surface area contributed by atoms with Crippen molar-refractivity contribution < 1.29 is 19.8 Å². The summed E-state index contributed by atoms with van der Waals surface area (Å²) in [5, 5.41) is 16.1.